The minimum atomic E-state index is 0.356. The van der Waals surface area contributed by atoms with Gasteiger partial charge < -0.3 is 5.11 Å². The van der Waals surface area contributed by atoms with E-state index < -0.39 is 0 Å². The van der Waals surface area contributed by atoms with Crippen LogP contribution in [-0.2, 0) is 0 Å². The molecule has 2 unspecified atom stereocenters. The van der Waals surface area contributed by atoms with Crippen molar-refractivity contribution < 1.29 is 5.11 Å². The summed E-state index contributed by atoms with van der Waals surface area (Å²) < 4.78 is 0. The molecule has 0 aromatic heterocycles. The molecule has 72 valence electrons. The monoisotopic (exact) mass is 170 g/mol. The van der Waals surface area contributed by atoms with Crippen molar-refractivity contribution in [2.45, 2.75) is 46.5 Å². The highest BCUT2D eigenvalue weighted by atomic mass is 16.3. The molecule has 0 saturated heterocycles. The van der Waals surface area contributed by atoms with Gasteiger partial charge in [-0.05, 0) is 36.5 Å². The average Bonchev–Trinajstić information content (AvgIpc) is 2.56. The van der Waals surface area contributed by atoms with Crippen LogP contribution in [0.1, 0.15) is 46.5 Å². The largest absolute Gasteiger partial charge is 0.396 e. The molecule has 1 nitrogen and oxygen atoms in total. The van der Waals surface area contributed by atoms with Gasteiger partial charge in [-0.15, -0.1) is 0 Å². The minimum Gasteiger partial charge on any atom is -0.396 e. The number of aliphatic hydroxyl groups is 1. The fourth-order valence-electron chi connectivity index (χ4n) is 1.92. The highest BCUT2D eigenvalue weighted by Gasteiger charge is 2.44. The maximum Gasteiger partial charge on any atom is 0.0433 e. The van der Waals surface area contributed by atoms with Crippen LogP contribution in [0.2, 0.25) is 0 Å². The van der Waals surface area contributed by atoms with Crippen molar-refractivity contribution in [1.29, 1.82) is 0 Å². The lowest BCUT2D eigenvalue weighted by Gasteiger charge is -2.09. The molecule has 1 heteroatoms. The SMILES string of the molecule is CC(CCO)CCC1CC1(C)C. The molecule has 0 radical (unpaired) electrons. The van der Waals surface area contributed by atoms with E-state index in [1.807, 2.05) is 0 Å². The number of rotatable bonds is 5. The second kappa shape index (κ2) is 3.78. The van der Waals surface area contributed by atoms with Crippen LogP contribution >= 0.6 is 0 Å². The van der Waals surface area contributed by atoms with Gasteiger partial charge in [0.15, 0.2) is 0 Å². The molecule has 0 aromatic rings. The maximum atomic E-state index is 8.72. The Labute approximate surface area is 76.2 Å². The predicted molar refractivity (Wildman–Crippen MR) is 52.0 cm³/mol. The Morgan fingerprint density at radius 2 is 2.00 bits per heavy atom. The number of aliphatic hydroxyl groups excluding tert-OH is 1. The number of hydrogen-bond donors (Lipinski definition) is 1. The molecule has 1 saturated carbocycles. The van der Waals surface area contributed by atoms with Gasteiger partial charge in [-0.1, -0.05) is 27.2 Å². The summed E-state index contributed by atoms with van der Waals surface area (Å²) in [7, 11) is 0. The van der Waals surface area contributed by atoms with Gasteiger partial charge in [0.2, 0.25) is 0 Å². The van der Waals surface area contributed by atoms with Crippen LogP contribution in [0, 0.1) is 17.3 Å². The molecule has 0 spiro atoms. The first-order chi connectivity index (χ1) is 5.56. The summed E-state index contributed by atoms with van der Waals surface area (Å²) >= 11 is 0. The summed E-state index contributed by atoms with van der Waals surface area (Å²) in [4.78, 5) is 0. The van der Waals surface area contributed by atoms with Gasteiger partial charge in [-0.25, -0.2) is 0 Å². The molecule has 12 heavy (non-hydrogen) atoms. The highest BCUT2D eigenvalue weighted by Crippen LogP contribution is 2.54. The van der Waals surface area contributed by atoms with Crippen LogP contribution in [-0.4, -0.2) is 11.7 Å². The fourth-order valence-corrected chi connectivity index (χ4v) is 1.92. The standard InChI is InChI=1S/C11H22O/c1-9(6-7-12)4-5-10-8-11(10,2)3/h9-10,12H,4-8H2,1-3H3. The van der Waals surface area contributed by atoms with Crippen molar-refractivity contribution in [3.05, 3.63) is 0 Å². The Kier molecular flexibility index (Phi) is 3.16. The molecule has 1 rings (SSSR count). The lowest BCUT2D eigenvalue weighted by molar-refractivity contribution is 0.255. The van der Waals surface area contributed by atoms with E-state index in [2.05, 4.69) is 20.8 Å². The summed E-state index contributed by atoms with van der Waals surface area (Å²) in [5.74, 6) is 1.69. The smallest absolute Gasteiger partial charge is 0.0433 e. The first kappa shape index (κ1) is 10.0. The van der Waals surface area contributed by atoms with Crippen LogP contribution in [0.4, 0.5) is 0 Å². The van der Waals surface area contributed by atoms with Gasteiger partial charge in [0, 0.05) is 6.61 Å². The van der Waals surface area contributed by atoms with Crippen LogP contribution in [0.3, 0.4) is 0 Å². The molecule has 0 aromatic carbocycles. The second-order valence-corrected chi connectivity index (χ2v) is 5.08. The Balaban J connectivity index is 2.03. The molecule has 1 fully saturated rings. The summed E-state index contributed by atoms with van der Waals surface area (Å²) in [5, 5.41) is 8.72. The van der Waals surface area contributed by atoms with Gasteiger partial charge in [0.25, 0.3) is 0 Å². The topological polar surface area (TPSA) is 20.2 Å². The molecular weight excluding hydrogens is 148 g/mol. The van der Waals surface area contributed by atoms with Crippen LogP contribution in [0.5, 0.6) is 0 Å². The Hall–Kier alpha value is -0.0400. The molecule has 1 N–H and O–H groups in total. The molecule has 1 aliphatic carbocycles. The summed E-state index contributed by atoms with van der Waals surface area (Å²) in [6.45, 7) is 7.31. The van der Waals surface area contributed by atoms with Gasteiger partial charge in [-0.2, -0.15) is 0 Å². The third kappa shape index (κ3) is 2.78. The van der Waals surface area contributed by atoms with Gasteiger partial charge in [0.1, 0.15) is 0 Å². The first-order valence-electron chi connectivity index (χ1n) is 5.17. The van der Waals surface area contributed by atoms with Crippen LogP contribution < -0.4 is 0 Å². The zero-order valence-electron chi connectivity index (χ0n) is 8.64. The zero-order valence-corrected chi connectivity index (χ0v) is 8.64. The lowest BCUT2D eigenvalue weighted by atomic mass is 9.98. The summed E-state index contributed by atoms with van der Waals surface area (Å²) in [5.41, 5.74) is 0.638. The molecule has 0 bridgehead atoms. The van der Waals surface area contributed by atoms with E-state index in [1.165, 1.54) is 19.3 Å². The van der Waals surface area contributed by atoms with E-state index in [1.54, 1.807) is 0 Å². The van der Waals surface area contributed by atoms with Crippen molar-refractivity contribution in [3.8, 4) is 0 Å². The van der Waals surface area contributed by atoms with Crippen molar-refractivity contribution in [3.63, 3.8) is 0 Å². The molecule has 2 atom stereocenters. The van der Waals surface area contributed by atoms with Crippen molar-refractivity contribution in [2.24, 2.45) is 17.3 Å². The minimum absolute atomic E-state index is 0.356. The summed E-state index contributed by atoms with van der Waals surface area (Å²) in [6, 6.07) is 0. The molecule has 1 aliphatic rings. The Bertz CT molecular complexity index is 140. The molecule has 0 aliphatic heterocycles. The Morgan fingerprint density at radius 1 is 1.42 bits per heavy atom. The Morgan fingerprint density at radius 3 is 2.42 bits per heavy atom. The van der Waals surface area contributed by atoms with E-state index in [-0.39, 0.29) is 0 Å². The van der Waals surface area contributed by atoms with Crippen LogP contribution in [0.25, 0.3) is 0 Å². The van der Waals surface area contributed by atoms with E-state index in [0.29, 0.717) is 17.9 Å². The quantitative estimate of drug-likeness (QED) is 0.672. The van der Waals surface area contributed by atoms with E-state index >= 15 is 0 Å². The van der Waals surface area contributed by atoms with Gasteiger partial charge in [0.05, 0.1) is 0 Å². The molecule has 0 amide bonds. The molecule has 0 heterocycles. The van der Waals surface area contributed by atoms with Crippen molar-refractivity contribution in [2.75, 3.05) is 6.61 Å². The average molecular weight is 170 g/mol. The van der Waals surface area contributed by atoms with E-state index in [4.69, 9.17) is 5.11 Å². The van der Waals surface area contributed by atoms with Crippen LogP contribution in [0.15, 0.2) is 0 Å². The fraction of sp³-hybridized carbons (Fsp3) is 1.00. The van der Waals surface area contributed by atoms with Gasteiger partial charge >= 0.3 is 0 Å². The zero-order chi connectivity index (χ0) is 9.19. The van der Waals surface area contributed by atoms with Crippen molar-refractivity contribution in [1.82, 2.24) is 0 Å². The lowest BCUT2D eigenvalue weighted by Crippen LogP contribution is -2.00. The maximum absolute atomic E-state index is 8.72. The second-order valence-electron chi connectivity index (χ2n) is 5.08. The molecular formula is C11H22O. The van der Waals surface area contributed by atoms with E-state index in [0.717, 1.165) is 12.3 Å². The van der Waals surface area contributed by atoms with E-state index in [9.17, 15) is 0 Å². The normalized spacial score (nSPS) is 28.5. The highest BCUT2D eigenvalue weighted by molar-refractivity contribution is 4.94. The predicted octanol–water partition coefficient (Wildman–Crippen LogP) is 2.83. The van der Waals surface area contributed by atoms with Crippen molar-refractivity contribution >= 4 is 0 Å². The number of hydrogen-bond acceptors (Lipinski definition) is 1. The first-order valence-corrected chi connectivity index (χ1v) is 5.17. The third-order valence-corrected chi connectivity index (χ3v) is 3.35. The summed E-state index contributed by atoms with van der Waals surface area (Å²) in [6.07, 6.45) is 5.06. The third-order valence-electron chi connectivity index (χ3n) is 3.35. The van der Waals surface area contributed by atoms with Gasteiger partial charge in [-0.3, -0.25) is 0 Å².